The average molecular weight is 258 g/mol. The molecule has 0 aliphatic rings. The van der Waals surface area contributed by atoms with E-state index in [4.69, 9.17) is 0 Å². The average Bonchev–Trinajstić information content (AvgIpc) is 2.37. The van der Waals surface area contributed by atoms with Gasteiger partial charge in [0.15, 0.2) is 5.82 Å². The fourth-order valence-corrected chi connectivity index (χ4v) is 2.13. The summed E-state index contributed by atoms with van der Waals surface area (Å²) in [6.07, 6.45) is 1.80. The molecule has 2 rings (SSSR count). The lowest BCUT2D eigenvalue weighted by atomic mass is 10.0. The van der Waals surface area contributed by atoms with Crippen LogP contribution < -0.4 is 5.32 Å². The van der Waals surface area contributed by atoms with E-state index in [-0.39, 0.29) is 0 Å². The molecule has 0 bridgehead atoms. The molecular formula is C15H22N4. The van der Waals surface area contributed by atoms with Crippen molar-refractivity contribution in [3.63, 3.8) is 0 Å². The van der Waals surface area contributed by atoms with Gasteiger partial charge in [-0.25, -0.2) is 0 Å². The van der Waals surface area contributed by atoms with Crippen LogP contribution in [0.1, 0.15) is 13.8 Å². The Morgan fingerprint density at radius 2 is 1.95 bits per heavy atom. The highest BCUT2D eigenvalue weighted by atomic mass is 15.2. The number of benzene rings is 1. The minimum Gasteiger partial charge on any atom is -0.364 e. The number of aromatic nitrogens is 2. The number of rotatable bonds is 5. The molecule has 1 aromatic carbocycles. The molecule has 0 aliphatic carbocycles. The lowest BCUT2D eigenvalue weighted by Crippen LogP contribution is -2.36. The third-order valence-electron chi connectivity index (χ3n) is 3.26. The number of nitrogens with one attached hydrogen (secondary N) is 1. The van der Waals surface area contributed by atoms with Gasteiger partial charge in [-0.2, -0.15) is 5.10 Å². The van der Waals surface area contributed by atoms with Crippen molar-refractivity contribution in [1.82, 2.24) is 15.1 Å². The van der Waals surface area contributed by atoms with Crippen molar-refractivity contribution >= 4 is 16.6 Å². The first-order valence-corrected chi connectivity index (χ1v) is 6.69. The van der Waals surface area contributed by atoms with Crippen LogP contribution in [0.3, 0.4) is 0 Å². The third-order valence-corrected chi connectivity index (χ3v) is 3.26. The second kappa shape index (κ2) is 5.97. The van der Waals surface area contributed by atoms with Crippen molar-refractivity contribution in [3.05, 3.63) is 30.5 Å². The van der Waals surface area contributed by atoms with E-state index in [0.717, 1.165) is 23.1 Å². The molecule has 0 amide bonds. The van der Waals surface area contributed by atoms with Gasteiger partial charge >= 0.3 is 0 Å². The summed E-state index contributed by atoms with van der Waals surface area (Å²) in [5.41, 5.74) is 0. The lowest BCUT2D eigenvalue weighted by Gasteiger charge is -2.26. The number of likely N-dealkylation sites (N-methyl/N-ethyl adjacent to an activating group) is 1. The van der Waals surface area contributed by atoms with Crippen LogP contribution in [0.25, 0.3) is 10.8 Å². The Morgan fingerprint density at radius 3 is 2.63 bits per heavy atom. The molecule has 4 heteroatoms. The summed E-state index contributed by atoms with van der Waals surface area (Å²) in [6, 6.07) is 8.55. The second-order valence-corrected chi connectivity index (χ2v) is 5.54. The molecule has 0 aliphatic heterocycles. The Labute approximate surface area is 114 Å². The molecule has 1 unspecified atom stereocenters. The molecular weight excluding hydrogens is 236 g/mol. The van der Waals surface area contributed by atoms with Gasteiger partial charge in [-0.05, 0) is 20.0 Å². The van der Waals surface area contributed by atoms with Crippen molar-refractivity contribution in [1.29, 1.82) is 0 Å². The van der Waals surface area contributed by atoms with Crippen LogP contribution >= 0.6 is 0 Å². The van der Waals surface area contributed by atoms with Gasteiger partial charge in [-0.3, -0.25) is 0 Å². The van der Waals surface area contributed by atoms with Crippen molar-refractivity contribution in [2.75, 3.05) is 26.0 Å². The summed E-state index contributed by atoms with van der Waals surface area (Å²) in [5.74, 6) is 1.40. The summed E-state index contributed by atoms with van der Waals surface area (Å²) in [4.78, 5) is 2.19. The van der Waals surface area contributed by atoms with Crippen LogP contribution in [-0.4, -0.2) is 41.8 Å². The van der Waals surface area contributed by atoms with Gasteiger partial charge in [0.25, 0.3) is 0 Å². The van der Waals surface area contributed by atoms with E-state index < -0.39 is 0 Å². The largest absolute Gasteiger partial charge is 0.364 e. The Hall–Kier alpha value is -1.68. The first-order valence-electron chi connectivity index (χ1n) is 6.69. The first kappa shape index (κ1) is 13.7. The van der Waals surface area contributed by atoms with Crippen molar-refractivity contribution in [2.24, 2.45) is 5.92 Å². The molecule has 4 nitrogen and oxygen atoms in total. The summed E-state index contributed by atoms with van der Waals surface area (Å²) in [6.45, 7) is 5.42. The maximum Gasteiger partial charge on any atom is 0.156 e. The predicted octanol–water partition coefficient (Wildman–Crippen LogP) is 2.63. The Kier molecular flexibility index (Phi) is 4.32. The molecule has 102 valence electrons. The highest BCUT2D eigenvalue weighted by Gasteiger charge is 2.16. The Bertz CT molecular complexity index is 531. The normalized spacial score (nSPS) is 13.2. The van der Waals surface area contributed by atoms with Crippen LogP contribution in [-0.2, 0) is 0 Å². The van der Waals surface area contributed by atoms with Crippen LogP contribution in [0.5, 0.6) is 0 Å². The topological polar surface area (TPSA) is 41.0 Å². The molecule has 1 aromatic heterocycles. The van der Waals surface area contributed by atoms with Gasteiger partial charge in [-0.1, -0.05) is 38.1 Å². The fourth-order valence-electron chi connectivity index (χ4n) is 2.13. The Morgan fingerprint density at radius 1 is 1.21 bits per heavy atom. The van der Waals surface area contributed by atoms with Gasteiger partial charge in [0.2, 0.25) is 0 Å². The maximum absolute atomic E-state index is 4.26. The van der Waals surface area contributed by atoms with E-state index in [0.29, 0.717) is 12.0 Å². The van der Waals surface area contributed by atoms with Crippen LogP contribution in [0.15, 0.2) is 30.5 Å². The van der Waals surface area contributed by atoms with Crippen LogP contribution in [0.2, 0.25) is 0 Å². The summed E-state index contributed by atoms with van der Waals surface area (Å²) in [7, 11) is 4.18. The standard InChI is InChI=1S/C15H22N4/c1-11(2)14(10-19(3)4)17-15-13-8-6-5-7-12(13)9-16-18-15/h5-9,11,14H,10H2,1-4H3,(H,17,18). The third kappa shape index (κ3) is 3.41. The maximum atomic E-state index is 4.26. The highest BCUT2D eigenvalue weighted by molar-refractivity contribution is 5.90. The zero-order valence-corrected chi connectivity index (χ0v) is 12.1. The number of nitrogens with zero attached hydrogens (tertiary/aromatic N) is 3. The molecule has 0 radical (unpaired) electrons. The van der Waals surface area contributed by atoms with Gasteiger partial charge < -0.3 is 10.2 Å². The lowest BCUT2D eigenvalue weighted by molar-refractivity contribution is 0.344. The molecule has 2 aromatic rings. The first-order chi connectivity index (χ1) is 9.08. The number of anilines is 1. The summed E-state index contributed by atoms with van der Waals surface area (Å²) < 4.78 is 0. The highest BCUT2D eigenvalue weighted by Crippen LogP contribution is 2.21. The number of hydrogen-bond donors (Lipinski definition) is 1. The van der Waals surface area contributed by atoms with E-state index >= 15 is 0 Å². The molecule has 1 atom stereocenters. The van der Waals surface area contributed by atoms with E-state index in [1.165, 1.54) is 0 Å². The minimum atomic E-state index is 0.357. The van der Waals surface area contributed by atoms with Crippen molar-refractivity contribution in [2.45, 2.75) is 19.9 Å². The van der Waals surface area contributed by atoms with Gasteiger partial charge in [0.1, 0.15) is 0 Å². The zero-order chi connectivity index (χ0) is 13.8. The molecule has 0 fully saturated rings. The number of fused-ring (bicyclic) bond motifs is 1. The van der Waals surface area contributed by atoms with Crippen molar-refractivity contribution in [3.8, 4) is 0 Å². The zero-order valence-electron chi connectivity index (χ0n) is 12.1. The van der Waals surface area contributed by atoms with E-state index in [2.05, 4.69) is 60.5 Å². The quantitative estimate of drug-likeness (QED) is 0.895. The smallest absolute Gasteiger partial charge is 0.156 e. The molecule has 19 heavy (non-hydrogen) atoms. The van der Waals surface area contributed by atoms with Crippen LogP contribution in [0, 0.1) is 5.92 Å². The monoisotopic (exact) mass is 258 g/mol. The number of hydrogen-bond acceptors (Lipinski definition) is 4. The molecule has 0 spiro atoms. The molecule has 0 saturated heterocycles. The molecule has 1 heterocycles. The Balaban J connectivity index is 2.28. The van der Waals surface area contributed by atoms with Gasteiger partial charge in [-0.15, -0.1) is 5.10 Å². The fraction of sp³-hybridized carbons (Fsp3) is 0.467. The molecule has 0 saturated carbocycles. The summed E-state index contributed by atoms with van der Waals surface area (Å²) >= 11 is 0. The summed E-state index contributed by atoms with van der Waals surface area (Å²) in [5, 5.41) is 14.1. The van der Waals surface area contributed by atoms with E-state index in [9.17, 15) is 0 Å². The van der Waals surface area contributed by atoms with Crippen LogP contribution in [0.4, 0.5) is 5.82 Å². The minimum absolute atomic E-state index is 0.357. The SMILES string of the molecule is CC(C)C(CN(C)C)Nc1nncc2ccccc12. The predicted molar refractivity (Wildman–Crippen MR) is 80.3 cm³/mol. The molecule has 1 N–H and O–H groups in total. The van der Waals surface area contributed by atoms with Gasteiger partial charge in [0, 0.05) is 23.4 Å². The van der Waals surface area contributed by atoms with Gasteiger partial charge in [0.05, 0.1) is 6.20 Å². The van der Waals surface area contributed by atoms with E-state index in [1.54, 1.807) is 6.20 Å². The van der Waals surface area contributed by atoms with E-state index in [1.807, 2.05) is 12.1 Å². The second-order valence-electron chi connectivity index (χ2n) is 5.54. The van der Waals surface area contributed by atoms with Crippen molar-refractivity contribution < 1.29 is 0 Å².